The normalized spacial score (nSPS) is 25.8. The molecule has 4 rings (SSSR count). The number of Topliss-reactive ketones (excluding diaryl/α,β-unsaturated/α-hetero) is 1. The Balaban J connectivity index is 1.80. The highest BCUT2D eigenvalue weighted by atomic mass is 16.1. The first kappa shape index (κ1) is 16.7. The van der Waals surface area contributed by atoms with Crippen molar-refractivity contribution in [2.24, 2.45) is 0 Å². The van der Waals surface area contributed by atoms with Crippen molar-refractivity contribution in [1.29, 1.82) is 0 Å². The van der Waals surface area contributed by atoms with E-state index in [0.29, 0.717) is 12.2 Å². The molecular formula is C24H24NO+. The number of hydrogen-bond acceptors (Lipinski definition) is 1. The van der Waals surface area contributed by atoms with Crippen LogP contribution in [0.5, 0.6) is 0 Å². The lowest BCUT2D eigenvalue weighted by atomic mass is 9.76. The van der Waals surface area contributed by atoms with Crippen LogP contribution in [0.3, 0.4) is 0 Å². The molecule has 1 N–H and O–H groups in total. The second kappa shape index (κ2) is 7.27. The summed E-state index contributed by atoms with van der Waals surface area (Å²) in [6.07, 6.45) is 0.582. The van der Waals surface area contributed by atoms with Crippen LogP contribution in [0, 0.1) is 0 Å². The van der Waals surface area contributed by atoms with Crippen molar-refractivity contribution >= 4 is 5.78 Å². The standard InChI is InChI=1S/C24H23NO/c1-25-21(18-11-5-2-6-12-18)17-22(26)23(19-13-7-3-8-14-19)24(25)20-15-9-4-10-16-20/h2-16,21,23-24H,17H2,1H3/p+1/t21-,23+,24+/m1/s1. The lowest BCUT2D eigenvalue weighted by Gasteiger charge is -2.41. The average molecular weight is 342 g/mol. The molecule has 1 unspecified atom stereocenters. The summed E-state index contributed by atoms with van der Waals surface area (Å²) in [6, 6.07) is 31.5. The van der Waals surface area contributed by atoms with Crippen molar-refractivity contribution in [2.75, 3.05) is 7.05 Å². The molecule has 1 aliphatic rings. The molecule has 3 aromatic carbocycles. The summed E-state index contributed by atoms with van der Waals surface area (Å²) in [7, 11) is 2.23. The second-order valence-electron chi connectivity index (χ2n) is 7.15. The third-order valence-corrected chi connectivity index (χ3v) is 5.65. The molecule has 0 radical (unpaired) electrons. The summed E-state index contributed by atoms with van der Waals surface area (Å²) >= 11 is 0. The summed E-state index contributed by atoms with van der Waals surface area (Å²) in [6.45, 7) is 0. The maximum Gasteiger partial charge on any atom is 0.153 e. The molecule has 0 bridgehead atoms. The number of likely N-dealkylation sites (tertiary alicyclic amines) is 1. The Morgan fingerprint density at radius 3 is 1.69 bits per heavy atom. The SMILES string of the molecule is C[NH+]1[C@@H](c2ccccc2)CC(=O)[C@H](c2ccccc2)[C@@H]1c1ccccc1. The van der Waals surface area contributed by atoms with E-state index in [-0.39, 0.29) is 18.0 Å². The number of rotatable bonds is 3. The first-order valence-electron chi connectivity index (χ1n) is 9.26. The van der Waals surface area contributed by atoms with Gasteiger partial charge in [-0.1, -0.05) is 91.0 Å². The average Bonchev–Trinajstić information content (AvgIpc) is 2.71. The summed E-state index contributed by atoms with van der Waals surface area (Å²) < 4.78 is 0. The minimum absolute atomic E-state index is 0.0986. The molecule has 0 aliphatic carbocycles. The Bertz CT molecular complexity index is 860. The highest BCUT2D eigenvalue weighted by Gasteiger charge is 2.45. The van der Waals surface area contributed by atoms with Gasteiger partial charge in [0.05, 0.1) is 19.4 Å². The summed E-state index contributed by atoms with van der Waals surface area (Å²) in [5.74, 6) is 0.239. The molecule has 0 amide bonds. The van der Waals surface area contributed by atoms with Crippen molar-refractivity contribution in [3.8, 4) is 0 Å². The van der Waals surface area contributed by atoms with Crippen LogP contribution in [0.15, 0.2) is 91.0 Å². The van der Waals surface area contributed by atoms with Gasteiger partial charge in [-0.2, -0.15) is 0 Å². The van der Waals surface area contributed by atoms with Crippen LogP contribution >= 0.6 is 0 Å². The number of benzene rings is 3. The Hall–Kier alpha value is -2.71. The molecule has 1 fully saturated rings. The van der Waals surface area contributed by atoms with E-state index in [0.717, 1.165) is 5.56 Å². The molecule has 26 heavy (non-hydrogen) atoms. The summed E-state index contributed by atoms with van der Waals surface area (Å²) in [5, 5.41) is 0. The quantitative estimate of drug-likeness (QED) is 0.769. The van der Waals surface area contributed by atoms with Crippen LogP contribution in [0.4, 0.5) is 0 Å². The Labute approximate surface area is 155 Å². The van der Waals surface area contributed by atoms with Gasteiger partial charge in [0.2, 0.25) is 0 Å². The predicted octanol–water partition coefficient (Wildman–Crippen LogP) is 3.74. The van der Waals surface area contributed by atoms with Gasteiger partial charge in [0.15, 0.2) is 5.78 Å². The second-order valence-corrected chi connectivity index (χ2v) is 7.15. The van der Waals surface area contributed by atoms with E-state index in [1.54, 1.807) is 0 Å². The molecule has 2 nitrogen and oxygen atoms in total. The Kier molecular flexibility index (Phi) is 4.68. The van der Waals surface area contributed by atoms with Crippen LogP contribution in [0.1, 0.15) is 41.1 Å². The van der Waals surface area contributed by atoms with Gasteiger partial charge in [-0.15, -0.1) is 0 Å². The zero-order chi connectivity index (χ0) is 17.9. The first-order chi connectivity index (χ1) is 12.8. The van der Waals surface area contributed by atoms with Crippen molar-refractivity contribution in [2.45, 2.75) is 24.4 Å². The fourth-order valence-corrected chi connectivity index (χ4v) is 4.38. The first-order valence-corrected chi connectivity index (χ1v) is 9.26. The van der Waals surface area contributed by atoms with Crippen LogP contribution in [0.25, 0.3) is 0 Å². The maximum absolute atomic E-state index is 13.3. The zero-order valence-corrected chi connectivity index (χ0v) is 15.0. The molecule has 0 aromatic heterocycles. The Morgan fingerprint density at radius 1 is 0.692 bits per heavy atom. The van der Waals surface area contributed by atoms with Crippen LogP contribution in [-0.4, -0.2) is 12.8 Å². The number of nitrogens with one attached hydrogen (secondary N) is 1. The van der Waals surface area contributed by atoms with Gasteiger partial charge in [0.25, 0.3) is 0 Å². The van der Waals surface area contributed by atoms with Gasteiger partial charge < -0.3 is 4.90 Å². The number of carbonyl (C=O) groups excluding carboxylic acids is 1. The van der Waals surface area contributed by atoms with E-state index in [2.05, 4.69) is 67.7 Å². The molecular weight excluding hydrogens is 318 g/mol. The molecule has 1 saturated heterocycles. The van der Waals surface area contributed by atoms with Gasteiger partial charge in [0, 0.05) is 11.1 Å². The van der Waals surface area contributed by atoms with Crippen LogP contribution < -0.4 is 4.90 Å². The van der Waals surface area contributed by atoms with E-state index < -0.39 is 0 Å². The zero-order valence-electron chi connectivity index (χ0n) is 15.0. The van der Waals surface area contributed by atoms with Gasteiger partial charge in [-0.3, -0.25) is 4.79 Å². The Morgan fingerprint density at radius 2 is 1.15 bits per heavy atom. The topological polar surface area (TPSA) is 21.5 Å². The number of carbonyl (C=O) groups is 1. The smallest absolute Gasteiger partial charge is 0.153 e. The lowest BCUT2D eigenvalue weighted by Crippen LogP contribution is -3.11. The maximum atomic E-state index is 13.3. The fraction of sp³-hybridized carbons (Fsp3) is 0.208. The van der Waals surface area contributed by atoms with E-state index >= 15 is 0 Å². The van der Waals surface area contributed by atoms with E-state index in [4.69, 9.17) is 0 Å². The van der Waals surface area contributed by atoms with Crippen molar-refractivity contribution in [3.05, 3.63) is 108 Å². The van der Waals surface area contributed by atoms with Gasteiger partial charge >= 0.3 is 0 Å². The number of hydrogen-bond donors (Lipinski definition) is 1. The number of piperidine rings is 1. The molecule has 3 aromatic rings. The lowest BCUT2D eigenvalue weighted by molar-refractivity contribution is -0.947. The number of quaternary nitrogens is 1. The molecule has 1 aliphatic heterocycles. The van der Waals surface area contributed by atoms with Crippen LogP contribution in [0.2, 0.25) is 0 Å². The monoisotopic (exact) mass is 342 g/mol. The van der Waals surface area contributed by atoms with Gasteiger partial charge in [-0.05, 0) is 5.56 Å². The molecule has 4 atom stereocenters. The molecule has 0 saturated carbocycles. The third-order valence-electron chi connectivity index (χ3n) is 5.65. The summed E-state index contributed by atoms with van der Waals surface area (Å²) in [4.78, 5) is 14.7. The number of likely N-dealkylation sites (N-methyl/N-ethyl adjacent to an activating group) is 1. The highest BCUT2D eigenvalue weighted by Crippen LogP contribution is 2.36. The van der Waals surface area contributed by atoms with Crippen molar-refractivity contribution < 1.29 is 9.69 Å². The molecule has 2 heteroatoms. The van der Waals surface area contributed by atoms with Gasteiger partial charge in [-0.25, -0.2) is 0 Å². The van der Waals surface area contributed by atoms with Crippen molar-refractivity contribution in [3.63, 3.8) is 0 Å². The van der Waals surface area contributed by atoms with Gasteiger partial charge in [0.1, 0.15) is 12.1 Å². The minimum atomic E-state index is -0.0986. The van der Waals surface area contributed by atoms with E-state index in [1.165, 1.54) is 16.0 Å². The van der Waals surface area contributed by atoms with E-state index in [9.17, 15) is 4.79 Å². The number of ketones is 1. The molecule has 0 spiro atoms. The highest BCUT2D eigenvalue weighted by molar-refractivity contribution is 5.87. The van der Waals surface area contributed by atoms with Crippen molar-refractivity contribution in [1.82, 2.24) is 0 Å². The summed E-state index contributed by atoms with van der Waals surface area (Å²) in [5.41, 5.74) is 3.59. The largest absolute Gasteiger partial charge is 0.324 e. The van der Waals surface area contributed by atoms with E-state index in [1.807, 2.05) is 30.3 Å². The molecule has 1 heterocycles. The van der Waals surface area contributed by atoms with Crippen LogP contribution in [-0.2, 0) is 4.79 Å². The fourth-order valence-electron chi connectivity index (χ4n) is 4.38. The third kappa shape index (κ3) is 3.09. The molecule has 130 valence electrons. The minimum Gasteiger partial charge on any atom is -0.324 e. The predicted molar refractivity (Wildman–Crippen MR) is 104 cm³/mol.